The molecular formula is C14H19FN2O3. The Hall–Kier alpha value is -2.11. The summed E-state index contributed by atoms with van der Waals surface area (Å²) < 4.78 is 12.9. The van der Waals surface area contributed by atoms with Crippen LogP contribution in [0.3, 0.4) is 0 Å². The first-order valence-corrected chi connectivity index (χ1v) is 6.41. The molecule has 1 aromatic rings. The first-order chi connectivity index (χ1) is 9.35. The van der Waals surface area contributed by atoms with Gasteiger partial charge in [0.15, 0.2) is 0 Å². The fourth-order valence-electron chi connectivity index (χ4n) is 1.75. The van der Waals surface area contributed by atoms with Crippen molar-refractivity contribution in [2.45, 2.75) is 33.2 Å². The zero-order valence-corrected chi connectivity index (χ0v) is 11.7. The van der Waals surface area contributed by atoms with Gasteiger partial charge >= 0.3 is 12.0 Å². The summed E-state index contributed by atoms with van der Waals surface area (Å²) in [6.45, 7) is 5.26. The highest BCUT2D eigenvalue weighted by molar-refractivity contribution is 5.92. The Balaban J connectivity index is 2.73. The fraction of sp³-hybridized carbons (Fsp3) is 0.429. The van der Waals surface area contributed by atoms with Gasteiger partial charge < -0.3 is 15.7 Å². The number of rotatable bonds is 5. The van der Waals surface area contributed by atoms with E-state index in [1.165, 1.54) is 18.2 Å². The van der Waals surface area contributed by atoms with E-state index in [9.17, 15) is 14.0 Å². The zero-order chi connectivity index (χ0) is 15.3. The smallest absolute Gasteiger partial charge is 0.326 e. The Morgan fingerprint density at radius 1 is 1.40 bits per heavy atom. The average Bonchev–Trinajstić information content (AvgIpc) is 2.38. The molecule has 5 nitrogen and oxygen atoms in total. The van der Waals surface area contributed by atoms with E-state index in [-0.39, 0.29) is 5.92 Å². The molecule has 0 radical (unpaired) electrons. The molecule has 110 valence electrons. The van der Waals surface area contributed by atoms with Crippen LogP contribution < -0.4 is 10.6 Å². The number of carbonyl (C=O) groups is 2. The molecule has 0 saturated heterocycles. The molecule has 0 saturated carbocycles. The van der Waals surface area contributed by atoms with Crippen molar-refractivity contribution in [3.05, 3.63) is 29.6 Å². The number of carboxylic acids is 1. The van der Waals surface area contributed by atoms with Gasteiger partial charge in [0.2, 0.25) is 0 Å². The molecule has 1 aromatic carbocycles. The molecule has 20 heavy (non-hydrogen) atoms. The highest BCUT2D eigenvalue weighted by Gasteiger charge is 2.25. The second-order valence-electron chi connectivity index (χ2n) is 4.76. The number of amides is 2. The summed E-state index contributed by atoms with van der Waals surface area (Å²) in [5.74, 6) is -1.66. The largest absolute Gasteiger partial charge is 0.480 e. The predicted octanol–water partition coefficient (Wildman–Crippen LogP) is 2.75. The number of urea groups is 1. The van der Waals surface area contributed by atoms with Crippen LogP contribution in [0.5, 0.6) is 0 Å². The van der Waals surface area contributed by atoms with Crippen LogP contribution in [0.1, 0.15) is 25.8 Å². The van der Waals surface area contributed by atoms with Crippen molar-refractivity contribution in [2.75, 3.05) is 5.32 Å². The maximum Gasteiger partial charge on any atom is 0.326 e. The predicted molar refractivity (Wildman–Crippen MR) is 74.2 cm³/mol. The van der Waals surface area contributed by atoms with Crippen molar-refractivity contribution in [1.29, 1.82) is 0 Å². The Morgan fingerprint density at radius 2 is 2.05 bits per heavy atom. The van der Waals surface area contributed by atoms with Crippen LogP contribution in [0.25, 0.3) is 0 Å². The van der Waals surface area contributed by atoms with E-state index < -0.39 is 23.9 Å². The Labute approximate surface area is 117 Å². The topological polar surface area (TPSA) is 78.4 Å². The van der Waals surface area contributed by atoms with Gasteiger partial charge in [0.1, 0.15) is 11.9 Å². The second-order valence-corrected chi connectivity index (χ2v) is 4.76. The number of anilines is 1. The molecule has 0 aliphatic heterocycles. The third-order valence-electron chi connectivity index (χ3n) is 3.20. The Bertz CT molecular complexity index is 505. The summed E-state index contributed by atoms with van der Waals surface area (Å²) in [4.78, 5) is 22.9. The van der Waals surface area contributed by atoms with E-state index in [2.05, 4.69) is 10.6 Å². The summed E-state index contributed by atoms with van der Waals surface area (Å²) >= 11 is 0. The van der Waals surface area contributed by atoms with Gasteiger partial charge in [0.05, 0.1) is 0 Å². The van der Waals surface area contributed by atoms with Crippen LogP contribution in [0.15, 0.2) is 18.2 Å². The minimum atomic E-state index is -1.08. The normalized spacial score (nSPS) is 13.4. The van der Waals surface area contributed by atoms with Crippen LogP contribution in [-0.2, 0) is 4.79 Å². The maximum absolute atomic E-state index is 12.9. The number of hydrogen-bond acceptors (Lipinski definition) is 2. The minimum absolute atomic E-state index is 0.187. The van der Waals surface area contributed by atoms with E-state index in [0.29, 0.717) is 17.7 Å². The number of carboxylic acid groups (broad SMARTS) is 1. The zero-order valence-electron chi connectivity index (χ0n) is 11.7. The number of halogens is 1. The molecule has 3 N–H and O–H groups in total. The number of hydrogen-bond donors (Lipinski definition) is 3. The molecule has 0 fully saturated rings. The molecule has 0 aliphatic rings. The number of nitrogens with one attached hydrogen (secondary N) is 2. The molecule has 0 bridgehead atoms. The maximum atomic E-state index is 12.9. The van der Waals surface area contributed by atoms with Crippen molar-refractivity contribution in [3.8, 4) is 0 Å². The second kappa shape index (κ2) is 6.88. The number of carbonyl (C=O) groups excluding carboxylic acids is 1. The van der Waals surface area contributed by atoms with Crippen LogP contribution >= 0.6 is 0 Å². The number of aryl methyl sites for hydroxylation is 1. The average molecular weight is 282 g/mol. The molecule has 0 aromatic heterocycles. The van der Waals surface area contributed by atoms with Gasteiger partial charge in [-0.3, -0.25) is 0 Å². The van der Waals surface area contributed by atoms with Gasteiger partial charge in [-0.1, -0.05) is 20.3 Å². The quantitative estimate of drug-likeness (QED) is 0.777. The van der Waals surface area contributed by atoms with Crippen molar-refractivity contribution in [3.63, 3.8) is 0 Å². The van der Waals surface area contributed by atoms with Gasteiger partial charge in [-0.05, 0) is 36.6 Å². The van der Waals surface area contributed by atoms with E-state index in [4.69, 9.17) is 5.11 Å². The van der Waals surface area contributed by atoms with Crippen LogP contribution in [0, 0.1) is 18.7 Å². The van der Waals surface area contributed by atoms with Crippen molar-refractivity contribution in [1.82, 2.24) is 5.32 Å². The first-order valence-electron chi connectivity index (χ1n) is 6.41. The molecule has 2 atom stereocenters. The van der Waals surface area contributed by atoms with E-state index in [1.54, 1.807) is 13.8 Å². The molecule has 2 amide bonds. The van der Waals surface area contributed by atoms with E-state index >= 15 is 0 Å². The van der Waals surface area contributed by atoms with Crippen molar-refractivity contribution in [2.24, 2.45) is 5.92 Å². The van der Waals surface area contributed by atoms with E-state index in [1.807, 2.05) is 6.92 Å². The molecule has 1 unspecified atom stereocenters. The Morgan fingerprint density at radius 3 is 2.55 bits per heavy atom. The third kappa shape index (κ3) is 4.22. The van der Waals surface area contributed by atoms with Crippen molar-refractivity contribution >= 4 is 17.7 Å². The summed E-state index contributed by atoms with van der Waals surface area (Å²) in [5, 5.41) is 14.0. The fourth-order valence-corrected chi connectivity index (χ4v) is 1.75. The molecule has 6 heteroatoms. The highest BCUT2D eigenvalue weighted by Crippen LogP contribution is 2.16. The summed E-state index contributed by atoms with van der Waals surface area (Å²) in [6, 6.07) is 2.38. The lowest BCUT2D eigenvalue weighted by atomic mass is 9.99. The van der Waals surface area contributed by atoms with Gasteiger partial charge in [0, 0.05) is 5.69 Å². The van der Waals surface area contributed by atoms with Crippen LogP contribution in [0.2, 0.25) is 0 Å². The summed E-state index contributed by atoms with van der Waals surface area (Å²) in [5.41, 5.74) is 1.01. The van der Waals surface area contributed by atoms with E-state index in [0.717, 1.165) is 0 Å². The lowest BCUT2D eigenvalue weighted by Crippen LogP contribution is -2.46. The summed E-state index contributed by atoms with van der Waals surface area (Å²) in [7, 11) is 0. The van der Waals surface area contributed by atoms with Gasteiger partial charge in [-0.2, -0.15) is 0 Å². The lowest BCUT2D eigenvalue weighted by Gasteiger charge is -2.20. The van der Waals surface area contributed by atoms with Gasteiger partial charge in [0.25, 0.3) is 0 Å². The van der Waals surface area contributed by atoms with Crippen LogP contribution in [0.4, 0.5) is 14.9 Å². The SMILES string of the molecule is CCC(C)[C@H](NC(=O)Nc1ccc(F)cc1C)C(=O)O. The molecular weight excluding hydrogens is 263 g/mol. The molecule has 0 heterocycles. The monoisotopic (exact) mass is 282 g/mol. The van der Waals surface area contributed by atoms with Crippen molar-refractivity contribution < 1.29 is 19.1 Å². The lowest BCUT2D eigenvalue weighted by molar-refractivity contribution is -0.140. The minimum Gasteiger partial charge on any atom is -0.480 e. The Kier molecular flexibility index (Phi) is 5.49. The molecule has 0 spiro atoms. The molecule has 1 rings (SSSR count). The first kappa shape index (κ1) is 15.9. The number of benzene rings is 1. The third-order valence-corrected chi connectivity index (χ3v) is 3.20. The molecule has 0 aliphatic carbocycles. The highest BCUT2D eigenvalue weighted by atomic mass is 19.1. The standard InChI is InChI=1S/C14H19FN2O3/c1-4-8(2)12(13(18)19)17-14(20)16-11-6-5-10(15)7-9(11)3/h5-8,12H,4H2,1-3H3,(H,18,19)(H2,16,17,20)/t8?,12-/m0/s1. The van der Waals surface area contributed by atoms with Gasteiger partial charge in [-0.15, -0.1) is 0 Å². The number of aliphatic carboxylic acids is 1. The summed E-state index contributed by atoms with van der Waals surface area (Å²) in [6.07, 6.45) is 0.632. The van der Waals surface area contributed by atoms with Gasteiger partial charge in [-0.25, -0.2) is 14.0 Å². The van der Waals surface area contributed by atoms with Crippen LogP contribution in [-0.4, -0.2) is 23.1 Å².